The lowest BCUT2D eigenvalue weighted by Gasteiger charge is -2.32. The van der Waals surface area contributed by atoms with Crippen molar-refractivity contribution in [1.29, 1.82) is 0 Å². The second kappa shape index (κ2) is 9.26. The molecule has 0 amide bonds. The van der Waals surface area contributed by atoms with Gasteiger partial charge in [-0.1, -0.05) is 31.2 Å². The van der Waals surface area contributed by atoms with Crippen molar-refractivity contribution in [1.82, 2.24) is 10.2 Å². The van der Waals surface area contributed by atoms with E-state index in [0.29, 0.717) is 12.6 Å². The Labute approximate surface area is 134 Å². The first-order valence-electron chi connectivity index (χ1n) is 8.44. The fourth-order valence-electron chi connectivity index (χ4n) is 2.95. The summed E-state index contributed by atoms with van der Waals surface area (Å²) in [7, 11) is 1.75. The minimum Gasteiger partial charge on any atom is -0.387 e. The smallest absolute Gasteiger partial charge is 0.0914 e. The number of aliphatic hydroxyl groups is 1. The highest BCUT2D eigenvalue weighted by atomic mass is 16.5. The first kappa shape index (κ1) is 17.4. The van der Waals surface area contributed by atoms with E-state index in [0.717, 1.165) is 51.1 Å². The molecule has 0 spiro atoms. The molecule has 0 aliphatic carbocycles. The molecule has 1 aromatic rings. The van der Waals surface area contributed by atoms with E-state index in [1.165, 1.54) is 5.56 Å². The van der Waals surface area contributed by atoms with Gasteiger partial charge >= 0.3 is 0 Å². The van der Waals surface area contributed by atoms with Gasteiger partial charge in [0, 0.05) is 26.2 Å². The average molecular weight is 306 g/mol. The van der Waals surface area contributed by atoms with Gasteiger partial charge in [-0.2, -0.15) is 0 Å². The molecule has 1 aliphatic heterocycles. The van der Waals surface area contributed by atoms with Gasteiger partial charge in [-0.25, -0.2) is 0 Å². The molecular weight excluding hydrogens is 276 g/mol. The Morgan fingerprint density at radius 2 is 1.95 bits per heavy atom. The number of methoxy groups -OCH3 is 1. The summed E-state index contributed by atoms with van der Waals surface area (Å²) < 4.78 is 5.13. The Hall–Kier alpha value is -0.940. The number of rotatable bonds is 8. The molecule has 2 rings (SSSR count). The molecule has 1 heterocycles. The number of nitrogens with zero attached hydrogens (tertiary/aromatic N) is 1. The normalized spacial score (nSPS) is 18.5. The monoisotopic (exact) mass is 306 g/mol. The molecule has 124 valence electrons. The van der Waals surface area contributed by atoms with E-state index in [-0.39, 0.29) is 0 Å². The molecule has 4 nitrogen and oxygen atoms in total. The van der Waals surface area contributed by atoms with Crippen molar-refractivity contribution in [2.75, 3.05) is 39.9 Å². The second-order valence-electron chi connectivity index (χ2n) is 6.13. The minimum absolute atomic E-state index is 0.419. The van der Waals surface area contributed by atoms with Crippen LogP contribution in [0.2, 0.25) is 0 Å². The van der Waals surface area contributed by atoms with Crippen LogP contribution >= 0.6 is 0 Å². The van der Waals surface area contributed by atoms with Crippen molar-refractivity contribution < 1.29 is 9.84 Å². The molecule has 1 saturated heterocycles. The van der Waals surface area contributed by atoms with Gasteiger partial charge < -0.3 is 20.1 Å². The molecule has 0 aromatic heterocycles. The number of piperidine rings is 1. The Bertz CT molecular complexity index is 414. The summed E-state index contributed by atoms with van der Waals surface area (Å²) in [6.45, 7) is 6.84. The van der Waals surface area contributed by atoms with Crippen LogP contribution < -0.4 is 5.32 Å². The number of benzene rings is 1. The molecule has 2 N–H and O–H groups in total. The SMILES string of the molecule is CCc1ccc(C(O)CNC2CCN(CCOC)CC2)cc1. The molecular formula is C18H30N2O2. The summed E-state index contributed by atoms with van der Waals surface area (Å²) in [5.41, 5.74) is 2.31. The number of aliphatic hydroxyl groups excluding tert-OH is 1. The van der Waals surface area contributed by atoms with E-state index in [9.17, 15) is 5.11 Å². The highest BCUT2D eigenvalue weighted by Crippen LogP contribution is 2.15. The number of likely N-dealkylation sites (tertiary alicyclic amines) is 1. The number of nitrogens with one attached hydrogen (secondary N) is 1. The molecule has 1 unspecified atom stereocenters. The van der Waals surface area contributed by atoms with Gasteiger partial charge in [0.15, 0.2) is 0 Å². The van der Waals surface area contributed by atoms with Crippen molar-refractivity contribution in [3.05, 3.63) is 35.4 Å². The van der Waals surface area contributed by atoms with E-state index in [1.54, 1.807) is 7.11 Å². The standard InChI is InChI=1S/C18H30N2O2/c1-3-15-4-6-16(7-5-15)18(21)14-19-17-8-10-20(11-9-17)12-13-22-2/h4-7,17-19,21H,3,8-14H2,1-2H3. The highest BCUT2D eigenvalue weighted by molar-refractivity contribution is 5.24. The summed E-state index contributed by atoms with van der Waals surface area (Å²) >= 11 is 0. The summed E-state index contributed by atoms with van der Waals surface area (Å²) in [5.74, 6) is 0. The zero-order valence-corrected chi connectivity index (χ0v) is 13.9. The molecule has 4 heteroatoms. The molecule has 0 bridgehead atoms. The number of ether oxygens (including phenoxy) is 1. The topological polar surface area (TPSA) is 44.7 Å². The Balaban J connectivity index is 1.69. The predicted octanol–water partition coefficient (Wildman–Crippen LogP) is 1.98. The third kappa shape index (κ3) is 5.36. The Kier molecular flexibility index (Phi) is 7.33. The Morgan fingerprint density at radius 1 is 1.27 bits per heavy atom. The fourth-order valence-corrected chi connectivity index (χ4v) is 2.95. The summed E-state index contributed by atoms with van der Waals surface area (Å²) in [5, 5.41) is 13.8. The molecule has 1 aromatic carbocycles. The van der Waals surface area contributed by atoms with Crippen molar-refractivity contribution in [3.63, 3.8) is 0 Å². The van der Waals surface area contributed by atoms with E-state index < -0.39 is 6.10 Å². The summed E-state index contributed by atoms with van der Waals surface area (Å²) in [6.07, 6.45) is 2.91. The van der Waals surface area contributed by atoms with Crippen LogP contribution in [0.3, 0.4) is 0 Å². The largest absolute Gasteiger partial charge is 0.387 e. The molecule has 22 heavy (non-hydrogen) atoms. The zero-order valence-electron chi connectivity index (χ0n) is 13.9. The van der Waals surface area contributed by atoms with Crippen LogP contribution in [0.5, 0.6) is 0 Å². The van der Waals surface area contributed by atoms with Crippen LogP contribution in [0.1, 0.15) is 37.0 Å². The van der Waals surface area contributed by atoms with Gasteiger partial charge in [0.2, 0.25) is 0 Å². The van der Waals surface area contributed by atoms with Crippen molar-refractivity contribution in [2.24, 2.45) is 0 Å². The Morgan fingerprint density at radius 3 is 2.55 bits per heavy atom. The fraction of sp³-hybridized carbons (Fsp3) is 0.667. The van der Waals surface area contributed by atoms with Gasteiger partial charge in [0.25, 0.3) is 0 Å². The highest BCUT2D eigenvalue weighted by Gasteiger charge is 2.19. The zero-order chi connectivity index (χ0) is 15.8. The van der Waals surface area contributed by atoms with Gasteiger partial charge in [0.05, 0.1) is 12.7 Å². The lowest BCUT2D eigenvalue weighted by molar-refractivity contribution is 0.119. The van der Waals surface area contributed by atoms with Crippen molar-refractivity contribution in [3.8, 4) is 0 Å². The maximum absolute atomic E-state index is 10.3. The first-order chi connectivity index (χ1) is 10.7. The van der Waals surface area contributed by atoms with Crippen LogP contribution in [0.15, 0.2) is 24.3 Å². The van der Waals surface area contributed by atoms with Gasteiger partial charge in [-0.05, 0) is 43.5 Å². The van der Waals surface area contributed by atoms with Crippen LogP contribution in [0, 0.1) is 0 Å². The van der Waals surface area contributed by atoms with E-state index in [2.05, 4.69) is 29.3 Å². The maximum atomic E-state index is 10.3. The van der Waals surface area contributed by atoms with Crippen LogP contribution in [0.25, 0.3) is 0 Å². The van der Waals surface area contributed by atoms with Crippen LogP contribution in [0.4, 0.5) is 0 Å². The third-order valence-corrected chi connectivity index (χ3v) is 4.57. The lowest BCUT2D eigenvalue weighted by atomic mass is 10.0. The first-order valence-corrected chi connectivity index (χ1v) is 8.44. The maximum Gasteiger partial charge on any atom is 0.0914 e. The number of hydrogen-bond donors (Lipinski definition) is 2. The summed E-state index contributed by atoms with van der Waals surface area (Å²) in [6, 6.07) is 8.81. The molecule has 1 aliphatic rings. The minimum atomic E-state index is -0.419. The number of hydrogen-bond acceptors (Lipinski definition) is 4. The summed E-state index contributed by atoms with van der Waals surface area (Å²) in [4.78, 5) is 2.45. The van der Waals surface area contributed by atoms with Gasteiger partial charge in [-0.3, -0.25) is 0 Å². The predicted molar refractivity (Wildman–Crippen MR) is 90.1 cm³/mol. The second-order valence-corrected chi connectivity index (χ2v) is 6.13. The third-order valence-electron chi connectivity index (χ3n) is 4.57. The van der Waals surface area contributed by atoms with Crippen LogP contribution in [-0.2, 0) is 11.2 Å². The lowest BCUT2D eigenvalue weighted by Crippen LogP contribution is -2.44. The van der Waals surface area contributed by atoms with Gasteiger partial charge in [-0.15, -0.1) is 0 Å². The average Bonchev–Trinajstić information content (AvgIpc) is 2.58. The van der Waals surface area contributed by atoms with Gasteiger partial charge in [0.1, 0.15) is 0 Å². The van der Waals surface area contributed by atoms with Crippen LogP contribution in [-0.4, -0.2) is 55.9 Å². The molecule has 0 saturated carbocycles. The quantitative estimate of drug-likeness (QED) is 0.771. The van der Waals surface area contributed by atoms with Crippen molar-refractivity contribution >= 4 is 0 Å². The molecule has 0 radical (unpaired) electrons. The molecule has 1 atom stereocenters. The molecule has 1 fully saturated rings. The van der Waals surface area contributed by atoms with E-state index in [1.807, 2.05) is 12.1 Å². The number of aryl methyl sites for hydroxylation is 1. The van der Waals surface area contributed by atoms with Crippen molar-refractivity contribution in [2.45, 2.75) is 38.3 Å². The van der Waals surface area contributed by atoms with E-state index >= 15 is 0 Å². The van der Waals surface area contributed by atoms with E-state index in [4.69, 9.17) is 4.74 Å².